The number of aliphatic hydroxyl groups excluding tert-OH is 1. The molecule has 0 radical (unpaired) electrons. The predicted octanol–water partition coefficient (Wildman–Crippen LogP) is 0.741. The smallest absolute Gasteiger partial charge is 0.331 e. The highest BCUT2D eigenvalue weighted by atomic mass is 16.8. The van der Waals surface area contributed by atoms with Gasteiger partial charge in [-0.1, -0.05) is 13.8 Å². The van der Waals surface area contributed by atoms with E-state index < -0.39 is 82.1 Å². The first kappa shape index (κ1) is 28.3. The lowest BCUT2D eigenvalue weighted by molar-refractivity contribution is -0.463. The van der Waals surface area contributed by atoms with Gasteiger partial charge in [-0.05, 0) is 56.4 Å². The van der Waals surface area contributed by atoms with E-state index in [0.29, 0.717) is 37.7 Å². The van der Waals surface area contributed by atoms with Gasteiger partial charge in [-0.15, -0.1) is 0 Å². The first-order chi connectivity index (χ1) is 19.2. The Kier molecular flexibility index (Phi) is 6.09. The van der Waals surface area contributed by atoms with Crippen molar-refractivity contribution in [2.24, 2.45) is 28.6 Å². The summed E-state index contributed by atoms with van der Waals surface area (Å²) < 4.78 is 29.2. The maximum atomic E-state index is 14.3. The minimum atomic E-state index is -1.86. The van der Waals surface area contributed by atoms with Crippen LogP contribution in [0.3, 0.4) is 0 Å². The SMILES string of the molecule is COC1CC(C)OC2OC3CC4(O)CCC5C(C(=O)C(O)C6(C)C(C7=CC(=O)OC7)CCC56O)C4(C)CC3OC12O. The highest BCUT2D eigenvalue weighted by Gasteiger charge is 2.77. The van der Waals surface area contributed by atoms with Crippen LogP contribution in [0, 0.1) is 28.6 Å². The molecule has 11 nitrogen and oxygen atoms in total. The molecule has 0 aromatic heterocycles. The number of fused-ring (bicyclic) bond motifs is 7. The van der Waals surface area contributed by atoms with Gasteiger partial charge in [0.05, 0.1) is 29.5 Å². The van der Waals surface area contributed by atoms with E-state index in [4.69, 9.17) is 23.7 Å². The van der Waals surface area contributed by atoms with E-state index in [2.05, 4.69) is 0 Å². The zero-order valence-corrected chi connectivity index (χ0v) is 24.1. The molecule has 14 atom stereocenters. The molecule has 7 rings (SSSR count). The Hall–Kier alpha value is -1.44. The summed E-state index contributed by atoms with van der Waals surface area (Å²) in [7, 11) is 1.50. The second kappa shape index (κ2) is 8.81. The van der Waals surface area contributed by atoms with E-state index in [1.165, 1.54) is 13.2 Å². The van der Waals surface area contributed by atoms with Crippen LogP contribution < -0.4 is 0 Å². The van der Waals surface area contributed by atoms with Crippen LogP contribution in [0.4, 0.5) is 0 Å². The lowest BCUT2D eigenvalue weighted by atomic mass is 9.40. The van der Waals surface area contributed by atoms with Crippen molar-refractivity contribution in [2.75, 3.05) is 13.7 Å². The Morgan fingerprint density at radius 3 is 2.46 bits per heavy atom. The summed E-state index contributed by atoms with van der Waals surface area (Å²) in [6, 6.07) is 0. The second-order valence-electron chi connectivity index (χ2n) is 14.2. The number of ether oxygens (including phenoxy) is 5. The number of esters is 1. The normalized spacial score (nSPS) is 58.0. The lowest BCUT2D eigenvalue weighted by Crippen LogP contribution is -2.76. The van der Waals surface area contributed by atoms with Gasteiger partial charge in [-0.25, -0.2) is 4.79 Å². The zero-order chi connectivity index (χ0) is 29.3. The lowest BCUT2D eigenvalue weighted by Gasteiger charge is -2.67. The third kappa shape index (κ3) is 3.43. The van der Waals surface area contributed by atoms with Crippen LogP contribution in [-0.2, 0) is 33.3 Å². The van der Waals surface area contributed by atoms with E-state index >= 15 is 0 Å². The molecule has 4 aliphatic carbocycles. The molecule has 3 heterocycles. The summed E-state index contributed by atoms with van der Waals surface area (Å²) in [5, 5.41) is 48.0. The van der Waals surface area contributed by atoms with Crippen molar-refractivity contribution in [2.45, 2.75) is 120 Å². The Morgan fingerprint density at radius 1 is 1.02 bits per heavy atom. The fourth-order valence-electron chi connectivity index (χ4n) is 10.3. The van der Waals surface area contributed by atoms with E-state index in [1.54, 1.807) is 6.92 Å². The summed E-state index contributed by atoms with van der Waals surface area (Å²) >= 11 is 0. The number of Topliss-reactive ketones (excluding diaryl/α,β-unsaturated/α-hetero) is 1. The zero-order valence-electron chi connectivity index (χ0n) is 24.1. The molecule has 14 unspecified atom stereocenters. The van der Waals surface area contributed by atoms with Gasteiger partial charge in [0.2, 0.25) is 12.1 Å². The van der Waals surface area contributed by atoms with Gasteiger partial charge in [0, 0.05) is 42.8 Å². The van der Waals surface area contributed by atoms with Crippen molar-refractivity contribution in [3.05, 3.63) is 11.6 Å². The van der Waals surface area contributed by atoms with Crippen molar-refractivity contribution in [3.63, 3.8) is 0 Å². The third-order valence-corrected chi connectivity index (χ3v) is 12.6. The molecule has 3 aliphatic heterocycles. The molecule has 0 amide bonds. The molecule has 0 spiro atoms. The first-order valence-corrected chi connectivity index (χ1v) is 15.0. The minimum absolute atomic E-state index is 0.0942. The van der Waals surface area contributed by atoms with Crippen LogP contribution in [0.2, 0.25) is 0 Å². The monoisotopic (exact) mass is 578 g/mol. The van der Waals surface area contributed by atoms with Gasteiger partial charge >= 0.3 is 5.97 Å². The number of hydrogen-bond donors (Lipinski definition) is 4. The molecule has 4 N–H and O–H groups in total. The molecule has 228 valence electrons. The quantitative estimate of drug-likeness (QED) is 0.270. The van der Waals surface area contributed by atoms with Crippen molar-refractivity contribution in [1.82, 2.24) is 0 Å². The fraction of sp³-hybridized carbons (Fsp3) is 0.867. The molecule has 4 saturated carbocycles. The van der Waals surface area contributed by atoms with Gasteiger partial charge < -0.3 is 44.1 Å². The van der Waals surface area contributed by atoms with Crippen LogP contribution in [0.15, 0.2) is 11.6 Å². The molecule has 7 aliphatic rings. The largest absolute Gasteiger partial charge is 0.458 e. The van der Waals surface area contributed by atoms with Gasteiger partial charge in [0.15, 0.2) is 5.78 Å². The third-order valence-electron chi connectivity index (χ3n) is 12.6. The van der Waals surface area contributed by atoms with Gasteiger partial charge in [0.1, 0.15) is 18.8 Å². The van der Waals surface area contributed by atoms with Gasteiger partial charge in [-0.3, -0.25) is 4.79 Å². The number of aliphatic hydroxyl groups is 4. The summed E-state index contributed by atoms with van der Waals surface area (Å²) in [5.74, 6) is -4.46. The Morgan fingerprint density at radius 2 is 1.78 bits per heavy atom. The highest BCUT2D eigenvalue weighted by Crippen LogP contribution is 2.70. The number of cyclic esters (lactones) is 1. The maximum Gasteiger partial charge on any atom is 0.331 e. The first-order valence-electron chi connectivity index (χ1n) is 15.0. The highest BCUT2D eigenvalue weighted by molar-refractivity contribution is 5.90. The number of methoxy groups -OCH3 is 1. The standard InChI is InChI=1S/C30H42O11/c1-14-9-20(37-4)30(36)25(39-14)40-18-12-28(34)7-5-17-22(26(28,2)11-19(18)41-30)23(32)24(33)27(3)16(6-8-29(17,27)35)15-10-21(31)38-13-15/h10,14,16-20,22,24-25,33-36H,5-9,11-13H2,1-4H3. The average Bonchev–Trinajstić information content (AvgIpc) is 3.46. The number of hydrogen-bond acceptors (Lipinski definition) is 11. The van der Waals surface area contributed by atoms with E-state index in [9.17, 15) is 30.0 Å². The van der Waals surface area contributed by atoms with Crippen molar-refractivity contribution < 1.29 is 53.7 Å². The molecule has 41 heavy (non-hydrogen) atoms. The topological polar surface area (TPSA) is 161 Å². The average molecular weight is 579 g/mol. The minimum Gasteiger partial charge on any atom is -0.458 e. The number of ketones is 1. The van der Waals surface area contributed by atoms with Crippen LogP contribution >= 0.6 is 0 Å². The van der Waals surface area contributed by atoms with E-state index in [0.717, 1.165) is 0 Å². The molecule has 0 aromatic rings. The fourth-order valence-corrected chi connectivity index (χ4v) is 10.3. The van der Waals surface area contributed by atoms with Crippen molar-refractivity contribution >= 4 is 11.8 Å². The number of carbonyl (C=O) groups is 2. The molecule has 6 fully saturated rings. The second-order valence-corrected chi connectivity index (χ2v) is 14.2. The molecule has 0 aromatic carbocycles. The van der Waals surface area contributed by atoms with Gasteiger partial charge in [-0.2, -0.15) is 0 Å². The van der Waals surface area contributed by atoms with Crippen LogP contribution in [-0.4, -0.2) is 99.7 Å². The Bertz CT molecular complexity index is 1190. The predicted molar refractivity (Wildman–Crippen MR) is 139 cm³/mol. The molecular formula is C30H42O11. The van der Waals surface area contributed by atoms with Crippen LogP contribution in [0.1, 0.15) is 65.7 Å². The van der Waals surface area contributed by atoms with Crippen LogP contribution in [0.25, 0.3) is 0 Å². The van der Waals surface area contributed by atoms with Gasteiger partial charge in [0.25, 0.3) is 0 Å². The Labute approximate surface area is 239 Å². The molecule has 2 saturated heterocycles. The van der Waals surface area contributed by atoms with E-state index in [1.807, 2.05) is 13.8 Å². The molecule has 0 bridgehead atoms. The molecule has 11 heteroatoms. The Balaban J connectivity index is 1.24. The summed E-state index contributed by atoms with van der Waals surface area (Å²) in [4.78, 5) is 26.2. The number of rotatable bonds is 2. The van der Waals surface area contributed by atoms with Crippen LogP contribution in [0.5, 0.6) is 0 Å². The molecular weight excluding hydrogens is 536 g/mol. The summed E-state index contributed by atoms with van der Waals surface area (Å²) in [6.07, 6.45) is -1.00. The summed E-state index contributed by atoms with van der Waals surface area (Å²) in [5.41, 5.74) is -4.31. The van der Waals surface area contributed by atoms with Crippen molar-refractivity contribution in [1.29, 1.82) is 0 Å². The maximum absolute atomic E-state index is 14.3. The van der Waals surface area contributed by atoms with E-state index in [-0.39, 0.29) is 31.5 Å². The summed E-state index contributed by atoms with van der Waals surface area (Å²) in [6.45, 7) is 5.57. The van der Waals surface area contributed by atoms with Crippen molar-refractivity contribution in [3.8, 4) is 0 Å². The number of carbonyl (C=O) groups excluding carboxylic acids is 2.